The van der Waals surface area contributed by atoms with E-state index in [1.165, 1.54) is 17.7 Å². The average Bonchev–Trinajstić information content (AvgIpc) is 3.16. The van der Waals surface area contributed by atoms with Crippen molar-refractivity contribution in [2.75, 3.05) is 24.6 Å². The second-order valence-corrected chi connectivity index (χ2v) is 6.69. The molecule has 128 valence electrons. The van der Waals surface area contributed by atoms with Crippen LogP contribution in [-0.2, 0) is 12.8 Å². The van der Waals surface area contributed by atoms with Crippen LogP contribution in [-0.4, -0.2) is 34.6 Å². The third-order valence-corrected chi connectivity index (χ3v) is 5.11. The standard InChI is InChI=1S/C19H21N5O/c20-11-15-3-2-8-21-19(15)25-12-14-6-9-24(10-7-14)18-16-4-1-5-17(16)22-13-23-18/h2-3,8,13-14H,1,4-7,9-10,12H2. The first kappa shape index (κ1) is 15.8. The van der Waals surface area contributed by atoms with E-state index >= 15 is 0 Å². The zero-order valence-electron chi connectivity index (χ0n) is 14.2. The number of anilines is 1. The molecule has 2 aromatic rings. The summed E-state index contributed by atoms with van der Waals surface area (Å²) in [7, 11) is 0. The molecule has 0 spiro atoms. The van der Waals surface area contributed by atoms with Crippen LogP contribution in [0.4, 0.5) is 5.82 Å². The maximum Gasteiger partial charge on any atom is 0.231 e. The van der Waals surface area contributed by atoms with Crippen LogP contribution in [0.3, 0.4) is 0 Å². The highest BCUT2D eigenvalue weighted by molar-refractivity contribution is 5.50. The largest absolute Gasteiger partial charge is 0.476 e. The van der Waals surface area contributed by atoms with Crippen LogP contribution in [0, 0.1) is 17.2 Å². The Morgan fingerprint density at radius 3 is 2.92 bits per heavy atom. The number of nitrogens with zero attached hydrogens (tertiary/aromatic N) is 5. The van der Waals surface area contributed by atoms with Crippen molar-refractivity contribution >= 4 is 5.82 Å². The van der Waals surface area contributed by atoms with Crippen molar-refractivity contribution in [1.29, 1.82) is 5.26 Å². The summed E-state index contributed by atoms with van der Waals surface area (Å²) in [6.45, 7) is 2.59. The summed E-state index contributed by atoms with van der Waals surface area (Å²) >= 11 is 0. The van der Waals surface area contributed by atoms with Gasteiger partial charge in [0.25, 0.3) is 0 Å². The summed E-state index contributed by atoms with van der Waals surface area (Å²) in [5.41, 5.74) is 3.08. The van der Waals surface area contributed by atoms with Crippen molar-refractivity contribution in [3.05, 3.63) is 41.5 Å². The van der Waals surface area contributed by atoms with E-state index in [0.717, 1.165) is 44.6 Å². The van der Waals surface area contributed by atoms with Crippen LogP contribution in [0.15, 0.2) is 24.7 Å². The molecule has 0 bridgehead atoms. The Morgan fingerprint density at radius 1 is 1.20 bits per heavy atom. The second-order valence-electron chi connectivity index (χ2n) is 6.69. The third kappa shape index (κ3) is 3.27. The Bertz CT molecular complexity index is 793. The number of piperidine rings is 1. The summed E-state index contributed by atoms with van der Waals surface area (Å²) in [5.74, 6) is 2.07. The molecule has 1 fully saturated rings. The Labute approximate surface area is 147 Å². The van der Waals surface area contributed by atoms with E-state index in [-0.39, 0.29) is 0 Å². The predicted molar refractivity (Wildman–Crippen MR) is 93.4 cm³/mol. The zero-order chi connectivity index (χ0) is 17.1. The normalized spacial score (nSPS) is 17.2. The lowest BCUT2D eigenvalue weighted by molar-refractivity contribution is 0.215. The minimum atomic E-state index is 0.445. The fourth-order valence-electron chi connectivity index (χ4n) is 3.71. The SMILES string of the molecule is N#Cc1cccnc1OCC1CCN(c2ncnc3c2CCC3)CC1. The molecule has 2 aliphatic rings. The lowest BCUT2D eigenvalue weighted by Crippen LogP contribution is -2.36. The minimum absolute atomic E-state index is 0.445. The van der Waals surface area contributed by atoms with Gasteiger partial charge < -0.3 is 9.64 Å². The number of hydrogen-bond donors (Lipinski definition) is 0. The number of aryl methyl sites for hydroxylation is 1. The van der Waals surface area contributed by atoms with Crippen molar-refractivity contribution in [3.63, 3.8) is 0 Å². The van der Waals surface area contributed by atoms with E-state index in [1.54, 1.807) is 24.7 Å². The average molecular weight is 335 g/mol. The molecule has 1 saturated heterocycles. The van der Waals surface area contributed by atoms with Crippen LogP contribution < -0.4 is 9.64 Å². The summed E-state index contributed by atoms with van der Waals surface area (Å²) in [4.78, 5) is 15.5. The van der Waals surface area contributed by atoms with Gasteiger partial charge >= 0.3 is 0 Å². The van der Waals surface area contributed by atoms with Crippen LogP contribution in [0.5, 0.6) is 5.88 Å². The molecule has 4 rings (SSSR count). The van der Waals surface area contributed by atoms with Crippen LogP contribution in [0.1, 0.15) is 36.1 Å². The molecule has 0 radical (unpaired) electrons. The molecule has 1 aliphatic carbocycles. The van der Waals surface area contributed by atoms with Crippen molar-refractivity contribution in [1.82, 2.24) is 15.0 Å². The summed E-state index contributed by atoms with van der Waals surface area (Å²) < 4.78 is 5.80. The summed E-state index contributed by atoms with van der Waals surface area (Å²) in [5, 5.41) is 9.10. The van der Waals surface area contributed by atoms with E-state index in [4.69, 9.17) is 10.00 Å². The molecule has 3 heterocycles. The number of rotatable bonds is 4. The second kappa shape index (κ2) is 7.06. The van der Waals surface area contributed by atoms with Gasteiger partial charge in [-0.3, -0.25) is 0 Å². The first-order chi connectivity index (χ1) is 12.3. The maximum absolute atomic E-state index is 9.10. The topological polar surface area (TPSA) is 74.9 Å². The van der Waals surface area contributed by atoms with Crippen molar-refractivity contribution in [3.8, 4) is 11.9 Å². The van der Waals surface area contributed by atoms with Crippen molar-refractivity contribution in [2.45, 2.75) is 32.1 Å². The van der Waals surface area contributed by atoms with Gasteiger partial charge in [-0.05, 0) is 50.2 Å². The number of hydrogen-bond acceptors (Lipinski definition) is 6. The first-order valence-corrected chi connectivity index (χ1v) is 8.91. The first-order valence-electron chi connectivity index (χ1n) is 8.91. The summed E-state index contributed by atoms with van der Waals surface area (Å²) in [6, 6.07) is 5.62. The van der Waals surface area contributed by atoms with Gasteiger partial charge in [0.15, 0.2) is 0 Å². The van der Waals surface area contributed by atoms with Gasteiger partial charge in [0.1, 0.15) is 23.8 Å². The Morgan fingerprint density at radius 2 is 2.08 bits per heavy atom. The molecule has 0 unspecified atom stereocenters. The van der Waals surface area contributed by atoms with Gasteiger partial charge in [-0.2, -0.15) is 5.26 Å². The smallest absolute Gasteiger partial charge is 0.231 e. The highest BCUT2D eigenvalue weighted by atomic mass is 16.5. The monoisotopic (exact) mass is 335 g/mol. The third-order valence-electron chi connectivity index (χ3n) is 5.11. The van der Waals surface area contributed by atoms with Gasteiger partial charge in [-0.15, -0.1) is 0 Å². The highest BCUT2D eigenvalue weighted by Crippen LogP contribution is 2.30. The molecule has 0 atom stereocenters. The van der Waals surface area contributed by atoms with Gasteiger partial charge in [0.05, 0.1) is 6.61 Å². The van der Waals surface area contributed by atoms with Crippen LogP contribution >= 0.6 is 0 Å². The number of nitriles is 1. The molecular weight excluding hydrogens is 314 g/mol. The molecule has 6 nitrogen and oxygen atoms in total. The Balaban J connectivity index is 1.35. The molecule has 1 aliphatic heterocycles. The molecule has 0 saturated carbocycles. The van der Waals surface area contributed by atoms with Gasteiger partial charge in [0, 0.05) is 30.5 Å². The van der Waals surface area contributed by atoms with Crippen LogP contribution in [0.25, 0.3) is 0 Å². The fourth-order valence-corrected chi connectivity index (χ4v) is 3.71. The Kier molecular flexibility index (Phi) is 4.47. The minimum Gasteiger partial charge on any atom is -0.476 e. The number of ether oxygens (including phenoxy) is 1. The number of aromatic nitrogens is 3. The van der Waals surface area contributed by atoms with Crippen molar-refractivity contribution < 1.29 is 4.74 Å². The van der Waals surface area contributed by atoms with E-state index in [0.29, 0.717) is 24.0 Å². The zero-order valence-corrected chi connectivity index (χ0v) is 14.2. The van der Waals surface area contributed by atoms with Crippen molar-refractivity contribution in [2.24, 2.45) is 5.92 Å². The predicted octanol–water partition coefficient (Wildman–Crippen LogP) is 2.53. The molecule has 0 amide bonds. The maximum atomic E-state index is 9.10. The lowest BCUT2D eigenvalue weighted by atomic mass is 9.97. The molecular formula is C19H21N5O. The highest BCUT2D eigenvalue weighted by Gasteiger charge is 2.25. The van der Waals surface area contributed by atoms with Gasteiger partial charge in [-0.25, -0.2) is 15.0 Å². The van der Waals surface area contributed by atoms with Gasteiger partial charge in [0.2, 0.25) is 5.88 Å². The summed E-state index contributed by atoms with van der Waals surface area (Å²) in [6.07, 6.45) is 8.87. The lowest BCUT2D eigenvalue weighted by Gasteiger charge is -2.33. The van der Waals surface area contributed by atoms with E-state index in [1.807, 2.05) is 0 Å². The molecule has 0 aromatic carbocycles. The van der Waals surface area contributed by atoms with E-state index in [2.05, 4.69) is 25.9 Å². The molecule has 0 N–H and O–H groups in total. The fraction of sp³-hybridized carbons (Fsp3) is 0.474. The molecule has 6 heteroatoms. The van der Waals surface area contributed by atoms with E-state index < -0.39 is 0 Å². The number of pyridine rings is 1. The molecule has 2 aromatic heterocycles. The van der Waals surface area contributed by atoms with Gasteiger partial charge in [-0.1, -0.05) is 0 Å². The number of fused-ring (bicyclic) bond motifs is 1. The van der Waals surface area contributed by atoms with Crippen LogP contribution in [0.2, 0.25) is 0 Å². The Hall–Kier alpha value is -2.68. The van der Waals surface area contributed by atoms with E-state index in [9.17, 15) is 0 Å². The quantitative estimate of drug-likeness (QED) is 0.855. The molecule has 25 heavy (non-hydrogen) atoms.